The Morgan fingerprint density at radius 3 is 2.64 bits per heavy atom. The number of ether oxygens (including phenoxy) is 2. The molecule has 0 radical (unpaired) electrons. The number of rotatable bonds is 9. The summed E-state index contributed by atoms with van der Waals surface area (Å²) in [5.41, 5.74) is 2.10. The number of amides is 1. The summed E-state index contributed by atoms with van der Waals surface area (Å²) in [5, 5.41) is 8.68. The van der Waals surface area contributed by atoms with Crippen molar-refractivity contribution in [1.29, 1.82) is 0 Å². The predicted molar refractivity (Wildman–Crippen MR) is 112 cm³/mol. The van der Waals surface area contributed by atoms with Gasteiger partial charge in [-0.1, -0.05) is 13.8 Å². The Morgan fingerprint density at radius 2 is 2.00 bits per heavy atom. The van der Waals surface area contributed by atoms with Gasteiger partial charge in [0.1, 0.15) is 5.00 Å². The van der Waals surface area contributed by atoms with Gasteiger partial charge in [-0.05, 0) is 58.7 Å². The number of carbonyl (C=O) groups is 3. The van der Waals surface area contributed by atoms with Crippen LogP contribution in [-0.2, 0) is 25.5 Å². The molecular weight excluding hydrogens is 398 g/mol. The number of hydrogen-bond acceptors (Lipinski definition) is 7. The van der Waals surface area contributed by atoms with Crippen LogP contribution in [0.1, 0.15) is 42.3 Å². The lowest BCUT2D eigenvalue weighted by Crippen LogP contribution is -2.21. The average Bonchev–Trinajstić information content (AvgIpc) is 3.28. The summed E-state index contributed by atoms with van der Waals surface area (Å²) in [5.74, 6) is -1.24. The predicted octanol–water partition coefficient (Wildman–Crippen LogP) is 4.38. The minimum atomic E-state index is -0.612. The molecule has 2 aromatic rings. The first kappa shape index (κ1) is 21.8. The van der Waals surface area contributed by atoms with Crippen LogP contribution in [0.5, 0.6) is 0 Å². The smallest absolute Gasteiger partial charge is 0.341 e. The molecule has 1 amide bonds. The van der Waals surface area contributed by atoms with Gasteiger partial charge in [0.2, 0.25) is 0 Å². The van der Waals surface area contributed by atoms with Gasteiger partial charge in [-0.25, -0.2) is 9.59 Å². The van der Waals surface area contributed by atoms with Crippen LogP contribution in [0.4, 0.5) is 5.00 Å². The van der Waals surface area contributed by atoms with E-state index in [1.165, 1.54) is 28.7 Å². The summed E-state index contributed by atoms with van der Waals surface area (Å²) in [6.07, 6.45) is 3.58. The Kier molecular flexibility index (Phi) is 8.41. The standard InChI is InChI=1S/C20H23NO5S2/c1-4-25-20(24)18-15(9-13(2)3)12-28-19(18)21-16(22)10-26-17(23)6-5-14-7-8-27-11-14/h5-8,11-13H,4,9-10H2,1-3H3,(H,21,22)/b6-5+. The van der Waals surface area contributed by atoms with E-state index in [-0.39, 0.29) is 6.61 Å². The zero-order chi connectivity index (χ0) is 20.5. The zero-order valence-corrected chi connectivity index (χ0v) is 17.7. The van der Waals surface area contributed by atoms with Crippen LogP contribution in [0.15, 0.2) is 28.3 Å². The third-order valence-corrected chi connectivity index (χ3v) is 5.17. The fourth-order valence-corrected chi connectivity index (χ4v) is 3.99. The second kappa shape index (κ2) is 10.8. The number of nitrogens with one attached hydrogen (secondary N) is 1. The Labute approximate surface area is 172 Å². The molecule has 0 unspecified atom stereocenters. The van der Waals surface area contributed by atoms with E-state index in [0.29, 0.717) is 22.9 Å². The Balaban J connectivity index is 1.97. The number of thiophene rings is 2. The SMILES string of the molecule is CCOC(=O)c1c(CC(C)C)csc1NC(=O)COC(=O)/C=C/c1ccsc1. The normalized spacial score (nSPS) is 11.0. The van der Waals surface area contributed by atoms with Crippen molar-refractivity contribution in [2.75, 3.05) is 18.5 Å². The quantitative estimate of drug-likeness (QED) is 0.480. The summed E-state index contributed by atoms with van der Waals surface area (Å²) >= 11 is 2.78. The van der Waals surface area contributed by atoms with Crippen molar-refractivity contribution in [2.24, 2.45) is 5.92 Å². The molecular formula is C20H23NO5S2. The van der Waals surface area contributed by atoms with Gasteiger partial charge in [0, 0.05) is 6.08 Å². The first-order chi connectivity index (χ1) is 13.4. The van der Waals surface area contributed by atoms with Crippen LogP contribution in [0.3, 0.4) is 0 Å². The van der Waals surface area contributed by atoms with Crippen molar-refractivity contribution >= 4 is 51.6 Å². The maximum Gasteiger partial charge on any atom is 0.341 e. The van der Waals surface area contributed by atoms with E-state index in [0.717, 1.165) is 11.1 Å². The lowest BCUT2D eigenvalue weighted by molar-refractivity contribution is -0.142. The molecule has 0 saturated heterocycles. The molecule has 150 valence electrons. The van der Waals surface area contributed by atoms with Gasteiger partial charge in [0.15, 0.2) is 6.61 Å². The summed E-state index contributed by atoms with van der Waals surface area (Å²) in [6.45, 7) is 5.64. The summed E-state index contributed by atoms with van der Waals surface area (Å²) in [4.78, 5) is 36.2. The number of anilines is 1. The largest absolute Gasteiger partial charge is 0.462 e. The lowest BCUT2D eigenvalue weighted by atomic mass is 10.0. The van der Waals surface area contributed by atoms with E-state index >= 15 is 0 Å². The maximum atomic E-state index is 12.3. The monoisotopic (exact) mass is 421 g/mol. The van der Waals surface area contributed by atoms with E-state index in [1.54, 1.807) is 13.0 Å². The lowest BCUT2D eigenvalue weighted by Gasteiger charge is -2.09. The molecule has 1 N–H and O–H groups in total. The minimum Gasteiger partial charge on any atom is -0.462 e. The van der Waals surface area contributed by atoms with Crippen LogP contribution in [0, 0.1) is 5.92 Å². The van der Waals surface area contributed by atoms with Gasteiger partial charge < -0.3 is 14.8 Å². The van der Waals surface area contributed by atoms with Crippen molar-refractivity contribution in [3.8, 4) is 0 Å². The van der Waals surface area contributed by atoms with Crippen LogP contribution >= 0.6 is 22.7 Å². The van der Waals surface area contributed by atoms with Gasteiger partial charge in [-0.3, -0.25) is 4.79 Å². The van der Waals surface area contributed by atoms with Crippen molar-refractivity contribution in [3.05, 3.63) is 45.0 Å². The van der Waals surface area contributed by atoms with Crippen LogP contribution < -0.4 is 5.32 Å². The maximum absolute atomic E-state index is 12.3. The van der Waals surface area contributed by atoms with Crippen LogP contribution in [-0.4, -0.2) is 31.1 Å². The molecule has 2 heterocycles. The van der Waals surface area contributed by atoms with Gasteiger partial charge in [0.25, 0.3) is 5.91 Å². The zero-order valence-electron chi connectivity index (χ0n) is 16.0. The fraction of sp³-hybridized carbons (Fsp3) is 0.350. The molecule has 0 aromatic carbocycles. The molecule has 8 heteroatoms. The van der Waals surface area contributed by atoms with E-state index in [9.17, 15) is 14.4 Å². The molecule has 0 atom stereocenters. The second-order valence-corrected chi connectivity index (χ2v) is 7.99. The molecule has 0 saturated carbocycles. The average molecular weight is 422 g/mol. The van der Waals surface area contributed by atoms with Gasteiger partial charge in [-0.2, -0.15) is 11.3 Å². The number of carbonyl (C=O) groups excluding carboxylic acids is 3. The van der Waals surface area contributed by atoms with Crippen molar-refractivity contribution < 1.29 is 23.9 Å². The molecule has 2 aromatic heterocycles. The molecule has 0 aliphatic rings. The number of hydrogen-bond donors (Lipinski definition) is 1. The Morgan fingerprint density at radius 1 is 1.21 bits per heavy atom. The molecule has 0 aliphatic carbocycles. The first-order valence-corrected chi connectivity index (χ1v) is 10.7. The summed E-state index contributed by atoms with van der Waals surface area (Å²) < 4.78 is 10.1. The fourth-order valence-electron chi connectivity index (χ4n) is 2.38. The van der Waals surface area contributed by atoms with E-state index in [4.69, 9.17) is 9.47 Å². The molecule has 0 fully saturated rings. The third-order valence-electron chi connectivity index (χ3n) is 3.53. The summed E-state index contributed by atoms with van der Waals surface area (Å²) in [6, 6.07) is 1.86. The molecule has 0 spiro atoms. The highest BCUT2D eigenvalue weighted by molar-refractivity contribution is 7.15. The first-order valence-electron chi connectivity index (χ1n) is 8.85. The Hall–Kier alpha value is -2.45. The van der Waals surface area contributed by atoms with E-state index in [1.807, 2.05) is 36.1 Å². The molecule has 2 rings (SSSR count). The highest BCUT2D eigenvalue weighted by Gasteiger charge is 2.22. The van der Waals surface area contributed by atoms with Gasteiger partial charge in [0.05, 0.1) is 12.2 Å². The minimum absolute atomic E-state index is 0.247. The number of esters is 2. The highest BCUT2D eigenvalue weighted by atomic mass is 32.1. The molecule has 28 heavy (non-hydrogen) atoms. The van der Waals surface area contributed by atoms with E-state index in [2.05, 4.69) is 5.32 Å². The van der Waals surface area contributed by atoms with Crippen LogP contribution in [0.2, 0.25) is 0 Å². The highest BCUT2D eigenvalue weighted by Crippen LogP contribution is 2.30. The molecule has 6 nitrogen and oxygen atoms in total. The summed E-state index contributed by atoms with van der Waals surface area (Å²) in [7, 11) is 0. The van der Waals surface area contributed by atoms with Crippen LogP contribution in [0.25, 0.3) is 6.08 Å². The van der Waals surface area contributed by atoms with Crippen molar-refractivity contribution in [2.45, 2.75) is 27.2 Å². The molecule has 0 aliphatic heterocycles. The molecule has 0 bridgehead atoms. The van der Waals surface area contributed by atoms with Gasteiger partial charge >= 0.3 is 11.9 Å². The Bertz CT molecular complexity index is 837. The van der Waals surface area contributed by atoms with E-state index < -0.39 is 24.5 Å². The van der Waals surface area contributed by atoms with Gasteiger partial charge in [-0.15, -0.1) is 11.3 Å². The third kappa shape index (κ3) is 6.61. The van der Waals surface area contributed by atoms with Crippen molar-refractivity contribution in [3.63, 3.8) is 0 Å². The van der Waals surface area contributed by atoms with Crippen molar-refractivity contribution in [1.82, 2.24) is 0 Å². The topological polar surface area (TPSA) is 81.7 Å². The second-order valence-electron chi connectivity index (χ2n) is 6.33.